The summed E-state index contributed by atoms with van der Waals surface area (Å²) in [5.74, 6) is 0.583. The van der Waals surface area contributed by atoms with Gasteiger partial charge in [0.15, 0.2) is 5.16 Å². The Bertz CT molecular complexity index is 999. The van der Waals surface area contributed by atoms with Crippen LogP contribution in [0.15, 0.2) is 58.5 Å². The molecule has 0 saturated heterocycles. The number of thioether (sulfide) groups is 1. The lowest BCUT2D eigenvalue weighted by atomic mass is 10.2. The average Bonchev–Trinajstić information content (AvgIpc) is 2.66. The highest BCUT2D eigenvalue weighted by Crippen LogP contribution is 2.26. The second-order valence-electron chi connectivity index (χ2n) is 6.06. The summed E-state index contributed by atoms with van der Waals surface area (Å²) in [6, 6.07) is 13.8. The summed E-state index contributed by atoms with van der Waals surface area (Å²) in [7, 11) is 0. The third-order valence-corrected chi connectivity index (χ3v) is 5.35. The quantitative estimate of drug-likeness (QED) is 0.275. The number of fused-ring (bicyclic) bond motifs is 1. The second kappa shape index (κ2) is 7.70. The molecule has 26 heavy (non-hydrogen) atoms. The predicted octanol–water partition coefficient (Wildman–Crippen LogP) is 4.57. The van der Waals surface area contributed by atoms with Crippen LogP contribution >= 0.6 is 11.8 Å². The van der Waals surface area contributed by atoms with Crippen LogP contribution < -0.4 is 5.56 Å². The van der Waals surface area contributed by atoms with Crippen molar-refractivity contribution in [2.45, 2.75) is 37.2 Å². The van der Waals surface area contributed by atoms with Gasteiger partial charge in [-0.05, 0) is 31.0 Å². The van der Waals surface area contributed by atoms with Crippen LogP contribution in [0.5, 0.6) is 0 Å². The van der Waals surface area contributed by atoms with Crippen molar-refractivity contribution >= 4 is 28.4 Å². The smallest absolute Gasteiger partial charge is 0.269 e. The van der Waals surface area contributed by atoms with E-state index in [4.69, 9.17) is 0 Å². The van der Waals surface area contributed by atoms with Crippen LogP contribution in [0.4, 0.5) is 5.69 Å². The van der Waals surface area contributed by atoms with Gasteiger partial charge in [-0.2, -0.15) is 0 Å². The first-order chi connectivity index (χ1) is 12.5. The fourth-order valence-electron chi connectivity index (χ4n) is 2.66. The molecule has 1 atom stereocenters. The zero-order valence-corrected chi connectivity index (χ0v) is 15.4. The van der Waals surface area contributed by atoms with Gasteiger partial charge in [0, 0.05) is 23.9 Å². The molecule has 2 aromatic carbocycles. The number of benzene rings is 2. The molecule has 1 heterocycles. The molecule has 0 spiro atoms. The molecule has 0 amide bonds. The number of non-ortho nitro benzene ring substituents is 1. The molecule has 1 aromatic heterocycles. The van der Waals surface area contributed by atoms with Gasteiger partial charge in [0.1, 0.15) is 0 Å². The molecule has 0 aliphatic rings. The van der Waals surface area contributed by atoms with Gasteiger partial charge in [-0.25, -0.2) is 4.98 Å². The maximum atomic E-state index is 12.9. The molecular weight excluding hydrogens is 350 g/mol. The second-order valence-corrected chi connectivity index (χ2v) is 7.00. The van der Waals surface area contributed by atoms with Gasteiger partial charge in [-0.3, -0.25) is 19.5 Å². The average molecular weight is 369 g/mol. The standard InChI is InChI=1S/C19H19N3O3S/c1-3-13(2)21-18(23)16-6-4-5-7-17(16)20-19(21)26-12-14-8-10-15(11-9-14)22(24)25/h4-11,13H,3,12H2,1-2H3/t13-/m0/s1. The number of rotatable bonds is 6. The zero-order valence-electron chi connectivity index (χ0n) is 14.6. The molecule has 6 nitrogen and oxygen atoms in total. The number of para-hydroxylation sites is 1. The van der Waals surface area contributed by atoms with Gasteiger partial charge in [0.05, 0.1) is 15.8 Å². The normalized spacial score (nSPS) is 12.2. The van der Waals surface area contributed by atoms with Gasteiger partial charge in [0.2, 0.25) is 0 Å². The highest BCUT2D eigenvalue weighted by atomic mass is 32.2. The minimum Gasteiger partial charge on any atom is -0.284 e. The lowest BCUT2D eigenvalue weighted by Crippen LogP contribution is -2.26. The number of aromatic nitrogens is 2. The first-order valence-corrected chi connectivity index (χ1v) is 9.37. The Hall–Kier alpha value is -2.67. The van der Waals surface area contributed by atoms with Crippen LogP contribution in [-0.2, 0) is 5.75 Å². The molecule has 0 bridgehead atoms. The molecule has 0 unspecified atom stereocenters. The Balaban J connectivity index is 1.95. The van der Waals surface area contributed by atoms with E-state index in [0.717, 1.165) is 12.0 Å². The molecule has 0 aliphatic heterocycles. The monoisotopic (exact) mass is 369 g/mol. The Morgan fingerprint density at radius 1 is 1.19 bits per heavy atom. The van der Waals surface area contributed by atoms with E-state index >= 15 is 0 Å². The van der Waals surface area contributed by atoms with E-state index in [1.54, 1.807) is 22.8 Å². The van der Waals surface area contributed by atoms with Crippen LogP contribution in [0.1, 0.15) is 31.9 Å². The van der Waals surface area contributed by atoms with E-state index in [-0.39, 0.29) is 17.3 Å². The maximum absolute atomic E-state index is 12.9. The molecule has 0 fully saturated rings. The number of nitro benzene ring substituents is 1. The van der Waals surface area contributed by atoms with E-state index < -0.39 is 4.92 Å². The molecule has 0 aliphatic carbocycles. The Kier molecular flexibility index (Phi) is 5.37. The van der Waals surface area contributed by atoms with Crippen LogP contribution in [0.2, 0.25) is 0 Å². The van der Waals surface area contributed by atoms with E-state index in [9.17, 15) is 14.9 Å². The minimum absolute atomic E-state index is 0.0313. The van der Waals surface area contributed by atoms with Crippen LogP contribution in [0.3, 0.4) is 0 Å². The number of hydrogen-bond donors (Lipinski definition) is 0. The number of hydrogen-bond acceptors (Lipinski definition) is 5. The largest absolute Gasteiger partial charge is 0.284 e. The molecule has 3 aromatic rings. The number of nitro groups is 1. The van der Waals surface area contributed by atoms with E-state index in [0.29, 0.717) is 21.8 Å². The Morgan fingerprint density at radius 3 is 2.54 bits per heavy atom. The topological polar surface area (TPSA) is 78.0 Å². The highest BCUT2D eigenvalue weighted by Gasteiger charge is 2.15. The molecule has 134 valence electrons. The van der Waals surface area contributed by atoms with Crippen molar-refractivity contribution in [3.8, 4) is 0 Å². The lowest BCUT2D eigenvalue weighted by Gasteiger charge is -2.18. The van der Waals surface area contributed by atoms with E-state index in [1.807, 2.05) is 32.0 Å². The van der Waals surface area contributed by atoms with Gasteiger partial charge in [0.25, 0.3) is 11.2 Å². The van der Waals surface area contributed by atoms with Gasteiger partial charge >= 0.3 is 0 Å². The van der Waals surface area contributed by atoms with E-state index in [2.05, 4.69) is 4.98 Å². The van der Waals surface area contributed by atoms with Gasteiger partial charge in [-0.1, -0.05) is 43.0 Å². The molecule has 0 saturated carbocycles. The Labute approximate surface area is 155 Å². The highest BCUT2D eigenvalue weighted by molar-refractivity contribution is 7.98. The molecule has 0 N–H and O–H groups in total. The first-order valence-electron chi connectivity index (χ1n) is 8.38. The SMILES string of the molecule is CC[C@H](C)n1c(SCc2ccc([N+](=O)[O-])cc2)nc2ccccc2c1=O. The van der Waals surface area contributed by atoms with E-state index in [1.165, 1.54) is 23.9 Å². The van der Waals surface area contributed by atoms with Gasteiger partial charge < -0.3 is 0 Å². The molecule has 0 radical (unpaired) electrons. The third-order valence-electron chi connectivity index (χ3n) is 4.32. The molecule has 3 rings (SSSR count). The van der Waals surface area contributed by atoms with Crippen molar-refractivity contribution in [3.05, 3.63) is 74.6 Å². The minimum atomic E-state index is -0.414. The first kappa shape index (κ1) is 18.1. The lowest BCUT2D eigenvalue weighted by molar-refractivity contribution is -0.384. The van der Waals surface area contributed by atoms with Crippen LogP contribution in [0.25, 0.3) is 10.9 Å². The molecule has 7 heteroatoms. The van der Waals surface area contributed by atoms with Crippen LogP contribution in [0, 0.1) is 10.1 Å². The van der Waals surface area contributed by atoms with Crippen molar-refractivity contribution in [1.82, 2.24) is 9.55 Å². The third kappa shape index (κ3) is 3.62. The number of nitrogens with zero attached hydrogens (tertiary/aromatic N) is 3. The summed E-state index contributed by atoms with van der Waals surface area (Å²) < 4.78 is 1.75. The van der Waals surface area contributed by atoms with Crippen LogP contribution in [-0.4, -0.2) is 14.5 Å². The summed E-state index contributed by atoms with van der Waals surface area (Å²) in [4.78, 5) is 27.9. The van der Waals surface area contributed by atoms with Crippen molar-refractivity contribution in [3.63, 3.8) is 0 Å². The van der Waals surface area contributed by atoms with Gasteiger partial charge in [-0.15, -0.1) is 0 Å². The summed E-state index contributed by atoms with van der Waals surface area (Å²) >= 11 is 1.47. The van der Waals surface area contributed by atoms with Crippen molar-refractivity contribution in [2.24, 2.45) is 0 Å². The van der Waals surface area contributed by atoms with Crippen molar-refractivity contribution in [1.29, 1.82) is 0 Å². The van der Waals surface area contributed by atoms with Crippen molar-refractivity contribution < 1.29 is 4.92 Å². The summed E-state index contributed by atoms with van der Waals surface area (Å²) in [5, 5.41) is 12.0. The zero-order chi connectivity index (χ0) is 18.7. The summed E-state index contributed by atoms with van der Waals surface area (Å²) in [5.41, 5.74) is 1.66. The van der Waals surface area contributed by atoms with Crippen molar-refractivity contribution in [2.75, 3.05) is 0 Å². The predicted molar refractivity (Wildman–Crippen MR) is 104 cm³/mol. The fraction of sp³-hybridized carbons (Fsp3) is 0.263. The molecular formula is C19H19N3O3S. The summed E-state index contributed by atoms with van der Waals surface area (Å²) in [6.07, 6.45) is 0.824. The maximum Gasteiger partial charge on any atom is 0.269 e. The Morgan fingerprint density at radius 2 is 1.88 bits per heavy atom. The fourth-order valence-corrected chi connectivity index (χ4v) is 3.71. The summed E-state index contributed by atoms with van der Waals surface area (Å²) in [6.45, 7) is 4.05.